The van der Waals surface area contributed by atoms with Crippen LogP contribution in [0.25, 0.3) is 0 Å². The third-order valence-corrected chi connectivity index (χ3v) is 3.46. The molecule has 1 aromatic rings. The van der Waals surface area contributed by atoms with E-state index in [2.05, 4.69) is 12.2 Å². The Morgan fingerprint density at radius 2 is 2.25 bits per heavy atom. The summed E-state index contributed by atoms with van der Waals surface area (Å²) in [6.07, 6.45) is 3.66. The Balaban J connectivity index is 2.07. The highest BCUT2D eigenvalue weighted by Gasteiger charge is 2.40. The zero-order valence-electron chi connectivity index (χ0n) is 9.39. The number of hydrogen-bond donors (Lipinski definition) is 1. The molecule has 2 nitrogen and oxygen atoms in total. The molecule has 1 aromatic carbocycles. The number of halogens is 1. The van der Waals surface area contributed by atoms with Gasteiger partial charge in [0.05, 0.1) is 11.3 Å². The molecular formula is C13H15FN2. The zero-order valence-corrected chi connectivity index (χ0v) is 9.39. The largest absolute Gasteiger partial charge is 0.383 e. The Labute approximate surface area is 95.1 Å². The van der Waals surface area contributed by atoms with Crippen LogP contribution in [0, 0.1) is 22.6 Å². The van der Waals surface area contributed by atoms with Crippen molar-refractivity contribution >= 4 is 5.69 Å². The molecule has 16 heavy (non-hydrogen) atoms. The Hall–Kier alpha value is -1.56. The Morgan fingerprint density at radius 3 is 2.81 bits per heavy atom. The van der Waals surface area contributed by atoms with Gasteiger partial charge in [-0.25, -0.2) is 4.39 Å². The summed E-state index contributed by atoms with van der Waals surface area (Å²) in [5, 5.41) is 12.1. The summed E-state index contributed by atoms with van der Waals surface area (Å²) in [4.78, 5) is 0. The molecule has 0 spiro atoms. The zero-order chi connectivity index (χ0) is 11.6. The van der Waals surface area contributed by atoms with Crippen LogP contribution in [0.1, 0.15) is 31.7 Å². The molecule has 0 heterocycles. The summed E-state index contributed by atoms with van der Waals surface area (Å²) in [6.45, 7) is 3.06. The van der Waals surface area contributed by atoms with E-state index in [1.165, 1.54) is 25.0 Å². The van der Waals surface area contributed by atoms with Crippen molar-refractivity contribution in [3.05, 3.63) is 29.6 Å². The first-order valence-corrected chi connectivity index (χ1v) is 5.63. The summed E-state index contributed by atoms with van der Waals surface area (Å²) < 4.78 is 12.9. The average molecular weight is 218 g/mol. The predicted molar refractivity (Wildman–Crippen MR) is 61.6 cm³/mol. The van der Waals surface area contributed by atoms with Crippen LogP contribution in [0.2, 0.25) is 0 Å². The topological polar surface area (TPSA) is 35.8 Å². The molecule has 0 unspecified atom stereocenters. The van der Waals surface area contributed by atoms with E-state index < -0.39 is 0 Å². The van der Waals surface area contributed by atoms with Gasteiger partial charge in [-0.15, -0.1) is 0 Å². The van der Waals surface area contributed by atoms with Gasteiger partial charge in [0.25, 0.3) is 0 Å². The Bertz CT molecular complexity index is 430. The van der Waals surface area contributed by atoms with Gasteiger partial charge in [0.1, 0.15) is 11.9 Å². The quantitative estimate of drug-likeness (QED) is 0.841. The van der Waals surface area contributed by atoms with Gasteiger partial charge in [-0.3, -0.25) is 0 Å². The van der Waals surface area contributed by atoms with Gasteiger partial charge in [0.2, 0.25) is 0 Å². The molecule has 0 atom stereocenters. The molecule has 0 amide bonds. The number of rotatable bonds is 4. The van der Waals surface area contributed by atoms with Crippen LogP contribution in [-0.4, -0.2) is 6.54 Å². The Morgan fingerprint density at radius 1 is 1.50 bits per heavy atom. The first-order chi connectivity index (χ1) is 7.69. The maximum absolute atomic E-state index is 12.9. The van der Waals surface area contributed by atoms with E-state index in [4.69, 9.17) is 5.26 Å². The molecule has 0 saturated heterocycles. The van der Waals surface area contributed by atoms with Gasteiger partial charge in [0, 0.05) is 6.54 Å². The maximum Gasteiger partial charge on any atom is 0.124 e. The van der Waals surface area contributed by atoms with Crippen molar-refractivity contribution in [2.75, 3.05) is 11.9 Å². The van der Waals surface area contributed by atoms with Crippen molar-refractivity contribution < 1.29 is 4.39 Å². The maximum atomic E-state index is 12.9. The van der Waals surface area contributed by atoms with Gasteiger partial charge < -0.3 is 5.32 Å². The number of benzene rings is 1. The lowest BCUT2D eigenvalue weighted by Crippen LogP contribution is -2.15. The normalized spacial score (nSPS) is 16.6. The lowest BCUT2D eigenvalue weighted by Gasteiger charge is -2.15. The molecule has 1 aliphatic carbocycles. The van der Waals surface area contributed by atoms with Gasteiger partial charge >= 0.3 is 0 Å². The van der Waals surface area contributed by atoms with Crippen molar-refractivity contribution in [1.29, 1.82) is 5.26 Å². The number of nitrogens with zero attached hydrogens (tertiary/aromatic N) is 1. The van der Waals surface area contributed by atoms with Gasteiger partial charge in [-0.05, 0) is 42.9 Å². The third kappa shape index (κ3) is 2.16. The molecule has 84 valence electrons. The second kappa shape index (κ2) is 4.13. The molecule has 2 rings (SSSR count). The molecule has 0 bridgehead atoms. The number of hydrogen-bond acceptors (Lipinski definition) is 2. The van der Waals surface area contributed by atoms with E-state index >= 15 is 0 Å². The van der Waals surface area contributed by atoms with Gasteiger partial charge in [0.15, 0.2) is 0 Å². The fourth-order valence-electron chi connectivity index (χ4n) is 1.88. The van der Waals surface area contributed by atoms with Crippen molar-refractivity contribution in [3.8, 4) is 6.07 Å². The lowest BCUT2D eigenvalue weighted by molar-refractivity contribution is 0.521. The smallest absolute Gasteiger partial charge is 0.124 e. The third-order valence-electron chi connectivity index (χ3n) is 3.46. The highest BCUT2D eigenvalue weighted by Crippen LogP contribution is 2.48. The fourth-order valence-corrected chi connectivity index (χ4v) is 1.88. The fraction of sp³-hybridized carbons (Fsp3) is 0.462. The van der Waals surface area contributed by atoms with E-state index in [9.17, 15) is 4.39 Å². The van der Waals surface area contributed by atoms with Crippen LogP contribution < -0.4 is 5.32 Å². The van der Waals surface area contributed by atoms with Crippen LogP contribution in [-0.2, 0) is 0 Å². The molecule has 1 saturated carbocycles. The molecule has 3 heteroatoms. The monoisotopic (exact) mass is 218 g/mol. The second-order valence-electron chi connectivity index (χ2n) is 4.51. The molecule has 1 N–H and O–H groups in total. The number of anilines is 1. The molecule has 1 aliphatic rings. The predicted octanol–water partition coefficient (Wildman–Crippen LogP) is 3.30. The highest BCUT2D eigenvalue weighted by molar-refractivity contribution is 5.57. The van der Waals surface area contributed by atoms with Crippen molar-refractivity contribution in [1.82, 2.24) is 0 Å². The van der Waals surface area contributed by atoms with E-state index in [0.29, 0.717) is 11.0 Å². The summed E-state index contributed by atoms with van der Waals surface area (Å²) in [7, 11) is 0. The van der Waals surface area contributed by atoms with Crippen molar-refractivity contribution in [2.45, 2.75) is 26.2 Å². The van der Waals surface area contributed by atoms with Gasteiger partial charge in [-0.1, -0.05) is 6.92 Å². The van der Waals surface area contributed by atoms with Crippen LogP contribution in [0.15, 0.2) is 18.2 Å². The SMILES string of the molecule is CCC1(CNc2ccc(F)cc2C#N)CC1. The summed E-state index contributed by atoms with van der Waals surface area (Å²) in [5.41, 5.74) is 1.54. The molecular weight excluding hydrogens is 203 g/mol. The molecule has 1 fully saturated rings. The average Bonchev–Trinajstić information content (AvgIpc) is 3.08. The summed E-state index contributed by atoms with van der Waals surface area (Å²) >= 11 is 0. The van der Waals surface area contributed by atoms with E-state index in [1.807, 2.05) is 6.07 Å². The standard InChI is InChI=1S/C13H15FN2/c1-2-13(5-6-13)9-16-12-4-3-11(14)7-10(12)8-15/h3-4,7,16H,2,5-6,9H2,1H3. The lowest BCUT2D eigenvalue weighted by atomic mass is 10.0. The van der Waals surface area contributed by atoms with Crippen molar-refractivity contribution in [3.63, 3.8) is 0 Å². The molecule has 0 aromatic heterocycles. The van der Waals surface area contributed by atoms with E-state index in [0.717, 1.165) is 18.7 Å². The second-order valence-corrected chi connectivity index (χ2v) is 4.51. The van der Waals surface area contributed by atoms with Gasteiger partial charge in [-0.2, -0.15) is 5.26 Å². The van der Waals surface area contributed by atoms with Crippen LogP contribution in [0.3, 0.4) is 0 Å². The summed E-state index contributed by atoms with van der Waals surface area (Å²) in [6, 6.07) is 6.30. The van der Waals surface area contributed by atoms with Crippen LogP contribution in [0.5, 0.6) is 0 Å². The minimum atomic E-state index is -0.362. The van der Waals surface area contributed by atoms with Crippen LogP contribution >= 0.6 is 0 Å². The van der Waals surface area contributed by atoms with E-state index in [1.54, 1.807) is 6.07 Å². The highest BCUT2D eigenvalue weighted by atomic mass is 19.1. The number of nitrogens with one attached hydrogen (secondary N) is 1. The number of nitriles is 1. The van der Waals surface area contributed by atoms with Crippen LogP contribution in [0.4, 0.5) is 10.1 Å². The van der Waals surface area contributed by atoms with Crippen molar-refractivity contribution in [2.24, 2.45) is 5.41 Å². The van der Waals surface area contributed by atoms with E-state index in [-0.39, 0.29) is 5.82 Å². The minimum Gasteiger partial charge on any atom is -0.383 e. The Kier molecular flexibility index (Phi) is 2.82. The first kappa shape index (κ1) is 10.9. The molecule has 0 radical (unpaired) electrons. The first-order valence-electron chi connectivity index (χ1n) is 5.63. The molecule has 0 aliphatic heterocycles. The minimum absolute atomic E-state index is 0.362. The summed E-state index contributed by atoms with van der Waals surface area (Å²) in [5.74, 6) is -0.362.